The topological polar surface area (TPSA) is 202 Å². The Labute approximate surface area is 214 Å². The van der Waals surface area contributed by atoms with Crippen molar-refractivity contribution in [2.75, 3.05) is 20.3 Å². The van der Waals surface area contributed by atoms with E-state index < -0.39 is 40.7 Å². The Kier molecular flexibility index (Phi) is 10.6. The van der Waals surface area contributed by atoms with Crippen molar-refractivity contribution < 1.29 is 28.2 Å². The molecule has 200 valence electrons. The van der Waals surface area contributed by atoms with E-state index in [2.05, 4.69) is 20.0 Å². The summed E-state index contributed by atoms with van der Waals surface area (Å²) in [5.41, 5.74) is 13.2. The number of aliphatic imine (C=N–C) groups is 1. The molecule has 3 atom stereocenters. The molecule has 12 nitrogen and oxygen atoms in total. The first-order chi connectivity index (χ1) is 16.9. The maximum absolute atomic E-state index is 13.0. The Balaban J connectivity index is 2.07. The highest BCUT2D eigenvalue weighted by molar-refractivity contribution is 7.90. The first-order valence-electron chi connectivity index (χ1n) is 11.1. The van der Waals surface area contributed by atoms with Gasteiger partial charge in [-0.15, -0.1) is 11.3 Å². The van der Waals surface area contributed by atoms with Crippen molar-refractivity contribution in [3.05, 3.63) is 39.3 Å². The highest BCUT2D eigenvalue weighted by Crippen LogP contribution is 2.30. The number of benzene rings is 1. The Bertz CT molecular complexity index is 1170. The number of carbonyl (C=O) groups is 1. The molecule has 36 heavy (non-hydrogen) atoms. The molecule has 0 saturated carbocycles. The zero-order chi connectivity index (χ0) is 27.0. The summed E-state index contributed by atoms with van der Waals surface area (Å²) in [7, 11) is -2.48. The van der Waals surface area contributed by atoms with Gasteiger partial charge in [-0.2, -0.15) is 0 Å². The van der Waals surface area contributed by atoms with E-state index in [1.54, 1.807) is 32.2 Å². The number of nitrogens with zero attached hydrogens (tertiary/aromatic N) is 2. The Morgan fingerprint density at radius 1 is 1.31 bits per heavy atom. The van der Waals surface area contributed by atoms with Gasteiger partial charge in [0.1, 0.15) is 22.9 Å². The average molecular weight is 543 g/mol. The lowest BCUT2D eigenvalue weighted by Gasteiger charge is -2.24. The number of nitrogens with one attached hydrogen (secondary N) is 2. The van der Waals surface area contributed by atoms with Gasteiger partial charge in [-0.05, 0) is 56.4 Å². The highest BCUT2D eigenvalue weighted by atomic mass is 32.2. The zero-order valence-corrected chi connectivity index (χ0v) is 22.3. The molecule has 0 aliphatic carbocycles. The molecule has 0 spiro atoms. The van der Waals surface area contributed by atoms with Crippen LogP contribution in [-0.2, 0) is 14.8 Å². The molecule has 0 radical (unpaired) electrons. The molecule has 1 heterocycles. The second kappa shape index (κ2) is 13.0. The summed E-state index contributed by atoms with van der Waals surface area (Å²) < 4.78 is 33.5. The third kappa shape index (κ3) is 7.36. The predicted molar refractivity (Wildman–Crippen MR) is 137 cm³/mol. The summed E-state index contributed by atoms with van der Waals surface area (Å²) in [5.74, 6) is -0.313. The van der Waals surface area contributed by atoms with Gasteiger partial charge in [0.05, 0.1) is 24.7 Å². The van der Waals surface area contributed by atoms with E-state index in [0.717, 1.165) is 0 Å². The number of thiazole rings is 1. The van der Waals surface area contributed by atoms with Crippen LogP contribution in [0.25, 0.3) is 0 Å². The molecule has 0 saturated heterocycles. The molecule has 0 bridgehead atoms. The van der Waals surface area contributed by atoms with Gasteiger partial charge < -0.3 is 31.7 Å². The molecular weight excluding hydrogens is 508 g/mol. The molecule has 1 amide bonds. The molecule has 0 aliphatic heterocycles. The van der Waals surface area contributed by atoms with Crippen LogP contribution in [0.15, 0.2) is 27.5 Å². The fraction of sp³-hybridized carbons (Fsp3) is 0.500. The number of aliphatic hydroxyl groups is 2. The lowest BCUT2D eigenvalue weighted by atomic mass is 10.0. The molecule has 2 rings (SSSR count). The van der Waals surface area contributed by atoms with Crippen LogP contribution in [0.3, 0.4) is 0 Å². The van der Waals surface area contributed by atoms with Crippen LogP contribution in [0.2, 0.25) is 0 Å². The standard InChI is InChI=1S/C22H34N6O6S2/c1-12-10-17(34-4)13(2)14(3)19(12)36(32,33)28-22(24)26-7-5-6-16(27-20(31)15(23)11-29)18(30)21-25-8-9-35-21/h8-10,15-16,18,29-30H,5-7,11,23H2,1-4H3,(H,27,31)(H3,24,26,28)/t15-,16-,18?/m0/s1. The first-order valence-corrected chi connectivity index (χ1v) is 13.5. The highest BCUT2D eigenvalue weighted by Gasteiger charge is 2.27. The normalized spacial score (nSPS) is 14.7. The van der Waals surface area contributed by atoms with Gasteiger partial charge in [-0.1, -0.05) is 0 Å². The number of aryl methyl sites for hydroxylation is 1. The summed E-state index contributed by atoms with van der Waals surface area (Å²) in [6, 6.07) is -0.232. The van der Waals surface area contributed by atoms with Crippen LogP contribution in [0, 0.1) is 20.8 Å². The lowest BCUT2D eigenvalue weighted by Crippen LogP contribution is -2.49. The minimum Gasteiger partial charge on any atom is -0.496 e. The summed E-state index contributed by atoms with van der Waals surface area (Å²) in [6.45, 7) is 4.71. The Morgan fingerprint density at radius 3 is 2.58 bits per heavy atom. The quantitative estimate of drug-likeness (QED) is 0.121. The number of amides is 1. The van der Waals surface area contributed by atoms with Crippen molar-refractivity contribution in [2.45, 2.75) is 56.7 Å². The monoisotopic (exact) mass is 542 g/mol. The van der Waals surface area contributed by atoms with Crippen LogP contribution in [0.4, 0.5) is 0 Å². The van der Waals surface area contributed by atoms with E-state index in [-0.39, 0.29) is 23.8 Å². The molecular formula is C22H34N6O6S2. The third-order valence-corrected chi connectivity index (χ3v) is 8.10. The number of methoxy groups -OCH3 is 1. The van der Waals surface area contributed by atoms with Crippen LogP contribution in [-0.4, -0.2) is 67.8 Å². The maximum Gasteiger partial charge on any atom is 0.264 e. The average Bonchev–Trinajstić information content (AvgIpc) is 3.36. The van der Waals surface area contributed by atoms with Crippen LogP contribution in [0.1, 0.15) is 40.6 Å². The van der Waals surface area contributed by atoms with E-state index in [1.165, 1.54) is 24.6 Å². The Morgan fingerprint density at radius 2 is 2.00 bits per heavy atom. The fourth-order valence-electron chi connectivity index (χ4n) is 3.61. The molecule has 1 aromatic carbocycles. The second-order valence-electron chi connectivity index (χ2n) is 8.21. The van der Waals surface area contributed by atoms with Gasteiger partial charge >= 0.3 is 0 Å². The largest absolute Gasteiger partial charge is 0.496 e. The number of guanidine groups is 1. The van der Waals surface area contributed by atoms with Crippen molar-refractivity contribution in [3.63, 3.8) is 0 Å². The molecule has 8 N–H and O–H groups in total. The van der Waals surface area contributed by atoms with Crippen molar-refractivity contribution in [3.8, 4) is 5.75 Å². The van der Waals surface area contributed by atoms with E-state index in [0.29, 0.717) is 33.9 Å². The molecule has 1 unspecified atom stereocenters. The second-order valence-corrected chi connectivity index (χ2v) is 10.8. The van der Waals surface area contributed by atoms with Gasteiger partial charge in [-0.25, -0.2) is 18.1 Å². The van der Waals surface area contributed by atoms with Gasteiger partial charge in [0.15, 0.2) is 0 Å². The minimum atomic E-state index is -4.00. The maximum atomic E-state index is 13.0. The van der Waals surface area contributed by atoms with Gasteiger partial charge in [-0.3, -0.25) is 9.79 Å². The summed E-state index contributed by atoms with van der Waals surface area (Å²) >= 11 is 1.23. The number of nitrogens with two attached hydrogens (primary N) is 2. The number of carbonyl (C=O) groups excluding carboxylic acids is 1. The van der Waals surface area contributed by atoms with E-state index in [4.69, 9.17) is 21.3 Å². The van der Waals surface area contributed by atoms with E-state index >= 15 is 0 Å². The number of aromatic nitrogens is 1. The van der Waals surface area contributed by atoms with Crippen LogP contribution < -0.4 is 26.2 Å². The van der Waals surface area contributed by atoms with Gasteiger partial charge in [0, 0.05) is 18.1 Å². The van der Waals surface area contributed by atoms with Crippen LogP contribution >= 0.6 is 11.3 Å². The molecule has 14 heteroatoms. The molecule has 0 fully saturated rings. The fourth-order valence-corrected chi connectivity index (χ4v) is 5.78. The Hall–Kier alpha value is -2.78. The number of aliphatic hydroxyl groups excluding tert-OH is 2. The molecule has 2 aromatic rings. The minimum absolute atomic E-state index is 0.105. The first kappa shape index (κ1) is 29.5. The van der Waals surface area contributed by atoms with Gasteiger partial charge in [0.2, 0.25) is 11.9 Å². The molecule has 1 aromatic heterocycles. The SMILES string of the molecule is COc1cc(C)c(S(=O)(=O)NC(N)=NCCC[C@H](NC(=O)[C@@H](N)CO)C(O)c2nccs2)c(C)c1C. The van der Waals surface area contributed by atoms with E-state index in [1.807, 2.05) is 0 Å². The van der Waals surface area contributed by atoms with Crippen molar-refractivity contribution >= 4 is 33.2 Å². The zero-order valence-electron chi connectivity index (χ0n) is 20.7. The summed E-state index contributed by atoms with van der Waals surface area (Å²) in [4.78, 5) is 20.4. The number of ether oxygens (including phenoxy) is 1. The number of rotatable bonds is 12. The predicted octanol–water partition coefficient (Wildman–Crippen LogP) is -0.0118. The summed E-state index contributed by atoms with van der Waals surface area (Å²) in [6.07, 6.45) is 1.06. The summed E-state index contributed by atoms with van der Waals surface area (Å²) in [5, 5.41) is 24.5. The van der Waals surface area contributed by atoms with Crippen molar-refractivity contribution in [1.82, 2.24) is 15.0 Å². The number of sulfonamides is 1. The van der Waals surface area contributed by atoms with Gasteiger partial charge in [0.25, 0.3) is 10.0 Å². The number of hydrogen-bond acceptors (Lipinski definition) is 10. The van der Waals surface area contributed by atoms with Crippen molar-refractivity contribution in [1.29, 1.82) is 0 Å². The van der Waals surface area contributed by atoms with Crippen molar-refractivity contribution in [2.24, 2.45) is 16.5 Å². The van der Waals surface area contributed by atoms with Crippen LogP contribution in [0.5, 0.6) is 5.75 Å². The van der Waals surface area contributed by atoms with E-state index in [9.17, 15) is 18.3 Å². The molecule has 0 aliphatic rings. The third-order valence-electron chi connectivity index (χ3n) is 5.61. The lowest BCUT2D eigenvalue weighted by molar-refractivity contribution is -0.124. The number of hydrogen-bond donors (Lipinski definition) is 6. The smallest absolute Gasteiger partial charge is 0.264 e.